The van der Waals surface area contributed by atoms with E-state index < -0.39 is 12.0 Å². The first-order valence-electron chi connectivity index (χ1n) is 6.19. The lowest BCUT2D eigenvalue weighted by atomic mass is 10.1. The van der Waals surface area contributed by atoms with Crippen LogP contribution in [0.25, 0.3) is 0 Å². The third kappa shape index (κ3) is 3.09. The van der Waals surface area contributed by atoms with Gasteiger partial charge in [0.25, 0.3) is 0 Å². The van der Waals surface area contributed by atoms with Gasteiger partial charge in [-0.25, -0.2) is 9.78 Å². The fourth-order valence-corrected chi connectivity index (χ4v) is 1.69. The highest BCUT2D eigenvalue weighted by Crippen LogP contribution is 2.18. The first-order valence-corrected chi connectivity index (χ1v) is 6.19. The second kappa shape index (κ2) is 6.10. The molecule has 2 aromatic rings. The second-order valence-electron chi connectivity index (χ2n) is 4.32. The summed E-state index contributed by atoms with van der Waals surface area (Å²) in [5.41, 5.74) is 2.30. The van der Waals surface area contributed by atoms with Gasteiger partial charge in [-0.2, -0.15) is 5.10 Å². The van der Waals surface area contributed by atoms with Crippen LogP contribution in [0.5, 0.6) is 0 Å². The molecule has 0 radical (unpaired) electrons. The maximum atomic E-state index is 11.9. The van der Waals surface area contributed by atoms with E-state index in [2.05, 4.69) is 20.5 Å². The first-order chi connectivity index (χ1) is 9.61. The van der Waals surface area contributed by atoms with Crippen LogP contribution in [0.2, 0.25) is 0 Å². The van der Waals surface area contributed by atoms with Crippen molar-refractivity contribution in [3.8, 4) is 0 Å². The lowest BCUT2D eigenvalue weighted by molar-refractivity contribution is -0.141. The molecule has 1 heterocycles. The summed E-state index contributed by atoms with van der Waals surface area (Å²) in [6, 6.07) is 8.60. The first kappa shape index (κ1) is 13.9. The van der Waals surface area contributed by atoms with Crippen molar-refractivity contribution in [3.05, 3.63) is 47.3 Å². The van der Waals surface area contributed by atoms with Crippen molar-refractivity contribution >= 4 is 11.9 Å². The highest BCUT2D eigenvalue weighted by molar-refractivity contribution is 5.80. The number of rotatable bonds is 4. The predicted molar refractivity (Wildman–Crippen MR) is 74.1 cm³/mol. The van der Waals surface area contributed by atoms with Crippen LogP contribution in [-0.2, 0) is 9.53 Å². The van der Waals surface area contributed by atoms with Gasteiger partial charge in [0.2, 0.25) is 5.95 Å². The van der Waals surface area contributed by atoms with E-state index in [9.17, 15) is 4.79 Å². The number of anilines is 1. The topological polar surface area (TPSA) is 77.0 Å². The van der Waals surface area contributed by atoms with Crippen LogP contribution < -0.4 is 5.32 Å². The monoisotopic (exact) mass is 272 g/mol. The third-order valence-electron chi connectivity index (χ3n) is 2.94. The Morgan fingerprint density at radius 2 is 1.85 bits per heavy atom. The Balaban J connectivity index is 2.28. The van der Waals surface area contributed by atoms with Gasteiger partial charge in [0.1, 0.15) is 0 Å². The Labute approximate surface area is 117 Å². The number of aromatic nitrogens is 3. The smallest absolute Gasteiger partial charge is 0.333 e. The molecule has 104 valence electrons. The molecule has 0 bridgehead atoms. The summed E-state index contributed by atoms with van der Waals surface area (Å²) in [6.07, 6.45) is 0. The lowest BCUT2D eigenvalue weighted by Crippen LogP contribution is -2.23. The molecule has 0 aliphatic heterocycles. The van der Waals surface area contributed by atoms with Gasteiger partial charge in [-0.3, -0.25) is 0 Å². The lowest BCUT2D eigenvalue weighted by Gasteiger charge is -2.16. The predicted octanol–water partition coefficient (Wildman–Crippen LogP) is 1.81. The molecule has 0 saturated heterocycles. The molecule has 0 fully saturated rings. The van der Waals surface area contributed by atoms with Gasteiger partial charge in [0, 0.05) is 0 Å². The number of carbonyl (C=O) groups is 1. The molecule has 6 nitrogen and oxygen atoms in total. The van der Waals surface area contributed by atoms with Crippen molar-refractivity contribution in [3.63, 3.8) is 0 Å². The van der Waals surface area contributed by atoms with Crippen LogP contribution in [0.15, 0.2) is 30.3 Å². The molecule has 0 saturated carbocycles. The van der Waals surface area contributed by atoms with Gasteiger partial charge in [0.05, 0.1) is 18.5 Å². The van der Waals surface area contributed by atoms with Crippen LogP contribution in [-0.4, -0.2) is 28.3 Å². The molecule has 0 spiro atoms. The summed E-state index contributed by atoms with van der Waals surface area (Å²) in [5.74, 6) is -0.106. The number of nitrogens with zero attached hydrogens (tertiary/aromatic N) is 3. The van der Waals surface area contributed by atoms with Crippen LogP contribution in [0.3, 0.4) is 0 Å². The zero-order valence-corrected chi connectivity index (χ0v) is 11.6. The summed E-state index contributed by atoms with van der Waals surface area (Å²) in [4.78, 5) is 16.2. The van der Waals surface area contributed by atoms with Gasteiger partial charge < -0.3 is 10.1 Å². The molecule has 0 amide bonds. The zero-order valence-electron chi connectivity index (χ0n) is 11.6. The van der Waals surface area contributed by atoms with Crippen molar-refractivity contribution in [1.82, 2.24) is 15.2 Å². The van der Waals surface area contributed by atoms with E-state index in [1.165, 1.54) is 7.11 Å². The summed E-state index contributed by atoms with van der Waals surface area (Å²) < 4.78 is 4.82. The van der Waals surface area contributed by atoms with E-state index in [1.807, 2.05) is 44.2 Å². The normalized spacial score (nSPS) is 11.8. The molecule has 1 aromatic heterocycles. The van der Waals surface area contributed by atoms with Gasteiger partial charge in [0.15, 0.2) is 6.04 Å². The maximum Gasteiger partial charge on any atom is 0.333 e. The van der Waals surface area contributed by atoms with E-state index in [-0.39, 0.29) is 0 Å². The molecule has 1 atom stereocenters. The summed E-state index contributed by atoms with van der Waals surface area (Å²) in [5, 5.41) is 10.9. The summed E-state index contributed by atoms with van der Waals surface area (Å²) in [7, 11) is 1.35. The van der Waals surface area contributed by atoms with Crippen molar-refractivity contribution < 1.29 is 9.53 Å². The van der Waals surface area contributed by atoms with E-state index >= 15 is 0 Å². The average molecular weight is 272 g/mol. The minimum absolute atomic E-state index is 0.298. The van der Waals surface area contributed by atoms with Crippen molar-refractivity contribution in [2.24, 2.45) is 0 Å². The highest BCUT2D eigenvalue weighted by atomic mass is 16.5. The van der Waals surface area contributed by atoms with E-state index in [1.54, 1.807) is 0 Å². The molecule has 1 N–H and O–H groups in total. The number of hydrogen-bond acceptors (Lipinski definition) is 6. The summed E-state index contributed by atoms with van der Waals surface area (Å²) >= 11 is 0. The van der Waals surface area contributed by atoms with Gasteiger partial charge in [-0.05, 0) is 19.4 Å². The molecule has 2 rings (SSSR count). The SMILES string of the molecule is COC(=O)C(Nc1nnc(C)c(C)n1)c1ccccc1. The van der Waals surface area contributed by atoms with Crippen molar-refractivity contribution in [2.75, 3.05) is 12.4 Å². The molecular formula is C14H16N4O2. The quantitative estimate of drug-likeness (QED) is 0.855. The molecular weight excluding hydrogens is 256 g/mol. The Bertz CT molecular complexity index is 601. The van der Waals surface area contributed by atoms with Crippen LogP contribution in [0.4, 0.5) is 5.95 Å². The number of esters is 1. The Morgan fingerprint density at radius 1 is 1.15 bits per heavy atom. The minimum atomic E-state index is -0.662. The largest absolute Gasteiger partial charge is 0.467 e. The number of benzene rings is 1. The standard InChI is InChI=1S/C14H16N4O2/c1-9-10(2)17-18-14(15-9)16-12(13(19)20-3)11-7-5-4-6-8-11/h4-8,12H,1-3H3,(H,15,16,18). The molecule has 0 aliphatic rings. The Kier molecular flexibility index (Phi) is 4.24. The number of aryl methyl sites for hydroxylation is 2. The van der Waals surface area contributed by atoms with E-state index in [4.69, 9.17) is 4.74 Å². The zero-order chi connectivity index (χ0) is 14.5. The molecule has 1 unspecified atom stereocenters. The molecule has 20 heavy (non-hydrogen) atoms. The highest BCUT2D eigenvalue weighted by Gasteiger charge is 2.22. The number of methoxy groups -OCH3 is 1. The van der Waals surface area contributed by atoms with Crippen LogP contribution >= 0.6 is 0 Å². The maximum absolute atomic E-state index is 11.9. The molecule has 1 aromatic carbocycles. The van der Waals surface area contributed by atoms with Gasteiger partial charge >= 0.3 is 5.97 Å². The average Bonchev–Trinajstić information content (AvgIpc) is 2.48. The van der Waals surface area contributed by atoms with Gasteiger partial charge in [-0.1, -0.05) is 30.3 Å². The van der Waals surface area contributed by atoms with Gasteiger partial charge in [-0.15, -0.1) is 5.10 Å². The number of carbonyl (C=O) groups excluding carboxylic acids is 1. The molecule has 0 aliphatic carbocycles. The van der Waals surface area contributed by atoms with Crippen LogP contribution in [0.1, 0.15) is 23.0 Å². The Morgan fingerprint density at radius 3 is 2.45 bits per heavy atom. The number of nitrogens with one attached hydrogen (secondary N) is 1. The second-order valence-corrected chi connectivity index (χ2v) is 4.32. The third-order valence-corrected chi connectivity index (χ3v) is 2.94. The fourth-order valence-electron chi connectivity index (χ4n) is 1.69. The summed E-state index contributed by atoms with van der Waals surface area (Å²) in [6.45, 7) is 3.67. The van der Waals surface area contributed by atoms with E-state index in [0.717, 1.165) is 17.0 Å². The molecule has 6 heteroatoms. The fraction of sp³-hybridized carbons (Fsp3) is 0.286. The van der Waals surface area contributed by atoms with E-state index in [0.29, 0.717) is 5.95 Å². The van der Waals surface area contributed by atoms with Crippen LogP contribution in [0, 0.1) is 13.8 Å². The van der Waals surface area contributed by atoms with Crippen molar-refractivity contribution in [2.45, 2.75) is 19.9 Å². The minimum Gasteiger partial charge on any atom is -0.467 e. The van der Waals surface area contributed by atoms with Crippen molar-refractivity contribution in [1.29, 1.82) is 0 Å². The number of hydrogen-bond donors (Lipinski definition) is 1. The Hall–Kier alpha value is -2.50. The number of ether oxygens (including phenoxy) is 1.